The summed E-state index contributed by atoms with van der Waals surface area (Å²) in [6.07, 6.45) is 2.02. The van der Waals surface area contributed by atoms with Crippen molar-refractivity contribution in [3.63, 3.8) is 0 Å². The number of nitrogens with zero attached hydrogens (tertiary/aromatic N) is 1. The molecule has 1 heterocycles. The van der Waals surface area contributed by atoms with Crippen LogP contribution < -0.4 is 10.1 Å². The van der Waals surface area contributed by atoms with Crippen LogP contribution >= 0.6 is 11.8 Å². The van der Waals surface area contributed by atoms with E-state index in [0.29, 0.717) is 12.3 Å². The van der Waals surface area contributed by atoms with Gasteiger partial charge in [-0.15, -0.1) is 0 Å². The molecule has 1 amide bonds. The van der Waals surface area contributed by atoms with Crippen molar-refractivity contribution >= 4 is 28.6 Å². The summed E-state index contributed by atoms with van der Waals surface area (Å²) < 4.78 is 11.1. The van der Waals surface area contributed by atoms with E-state index in [-0.39, 0.29) is 11.9 Å². The molecular weight excluding hydrogens is 372 g/mol. The molecule has 1 atom stereocenters. The summed E-state index contributed by atoms with van der Waals surface area (Å²) in [4.78, 5) is 15.0. The normalized spacial score (nSPS) is 12.3. The summed E-state index contributed by atoms with van der Waals surface area (Å²) in [5.74, 6) is 1.77. The predicted octanol–water partition coefficient (Wildman–Crippen LogP) is 4.34. The van der Waals surface area contributed by atoms with E-state index >= 15 is 0 Å². The summed E-state index contributed by atoms with van der Waals surface area (Å²) in [6.45, 7) is 0.480. The van der Waals surface area contributed by atoms with Gasteiger partial charge in [-0.05, 0) is 44.1 Å². The van der Waals surface area contributed by atoms with E-state index in [4.69, 9.17) is 9.15 Å². The Kier molecular flexibility index (Phi) is 6.65. The van der Waals surface area contributed by atoms with Gasteiger partial charge < -0.3 is 19.4 Å². The molecule has 28 heavy (non-hydrogen) atoms. The number of thioether (sulfide) groups is 1. The Morgan fingerprint density at radius 3 is 2.54 bits per heavy atom. The molecule has 1 aromatic heterocycles. The van der Waals surface area contributed by atoms with Crippen LogP contribution in [-0.2, 0) is 5.75 Å². The van der Waals surface area contributed by atoms with Gasteiger partial charge in [-0.3, -0.25) is 4.79 Å². The third-order valence-electron chi connectivity index (χ3n) is 4.77. The Morgan fingerprint density at radius 2 is 1.89 bits per heavy atom. The highest BCUT2D eigenvalue weighted by Gasteiger charge is 2.22. The molecule has 1 N–H and O–H groups in total. The number of methoxy groups -OCH3 is 1. The van der Waals surface area contributed by atoms with Crippen molar-refractivity contribution in [2.45, 2.75) is 11.8 Å². The zero-order valence-corrected chi connectivity index (χ0v) is 17.5. The minimum absolute atomic E-state index is 0.0447. The number of nitrogens with one attached hydrogen (secondary N) is 1. The van der Waals surface area contributed by atoms with Gasteiger partial charge >= 0.3 is 0 Å². The number of likely N-dealkylation sites (N-methyl/N-ethyl adjacent to an activating group) is 1. The van der Waals surface area contributed by atoms with Gasteiger partial charge in [0.15, 0.2) is 5.76 Å². The lowest BCUT2D eigenvalue weighted by Crippen LogP contribution is -2.34. The van der Waals surface area contributed by atoms with Crippen molar-refractivity contribution in [1.29, 1.82) is 0 Å². The Labute approximate surface area is 170 Å². The fourth-order valence-electron chi connectivity index (χ4n) is 3.26. The van der Waals surface area contributed by atoms with Gasteiger partial charge in [-0.25, -0.2) is 0 Å². The summed E-state index contributed by atoms with van der Waals surface area (Å²) >= 11 is 1.68. The maximum absolute atomic E-state index is 12.9. The SMILES string of the molecule is COc1ccc(C(CNC(=O)c2oc3ccccc3c2CSC)N(C)C)cc1. The molecule has 148 valence electrons. The number of carbonyl (C=O) groups is 1. The maximum Gasteiger partial charge on any atom is 0.287 e. The topological polar surface area (TPSA) is 54.7 Å². The number of benzene rings is 2. The number of fused-ring (bicyclic) bond motifs is 1. The lowest BCUT2D eigenvalue weighted by atomic mass is 10.1. The Bertz CT molecular complexity index is 935. The van der Waals surface area contributed by atoms with Gasteiger partial charge in [0.05, 0.1) is 13.2 Å². The summed E-state index contributed by atoms with van der Waals surface area (Å²) in [6, 6.07) is 15.7. The number of amides is 1. The van der Waals surface area contributed by atoms with Gasteiger partial charge in [0.2, 0.25) is 0 Å². The van der Waals surface area contributed by atoms with Crippen LogP contribution in [0.2, 0.25) is 0 Å². The second-order valence-electron chi connectivity index (χ2n) is 6.80. The third-order valence-corrected chi connectivity index (χ3v) is 5.35. The van der Waals surface area contributed by atoms with E-state index in [1.165, 1.54) is 0 Å². The first-order valence-electron chi connectivity index (χ1n) is 9.13. The maximum atomic E-state index is 12.9. The van der Waals surface area contributed by atoms with E-state index in [1.54, 1.807) is 18.9 Å². The molecular formula is C22H26N2O3S. The van der Waals surface area contributed by atoms with E-state index < -0.39 is 0 Å². The first kappa shape index (κ1) is 20.3. The van der Waals surface area contributed by atoms with Crippen LogP contribution in [0.1, 0.15) is 27.7 Å². The number of rotatable bonds is 8. The first-order valence-corrected chi connectivity index (χ1v) is 10.5. The smallest absolute Gasteiger partial charge is 0.287 e. The van der Waals surface area contributed by atoms with E-state index in [0.717, 1.165) is 33.6 Å². The zero-order chi connectivity index (χ0) is 20.1. The Hall–Kier alpha value is -2.44. The molecule has 6 heteroatoms. The highest BCUT2D eigenvalue weighted by molar-refractivity contribution is 7.97. The van der Waals surface area contributed by atoms with Gasteiger partial charge in [-0.1, -0.05) is 30.3 Å². The molecule has 1 unspecified atom stereocenters. The van der Waals surface area contributed by atoms with Crippen molar-refractivity contribution < 1.29 is 13.9 Å². The molecule has 0 saturated heterocycles. The Balaban J connectivity index is 1.79. The number of hydrogen-bond donors (Lipinski definition) is 1. The van der Waals surface area contributed by atoms with Crippen LogP contribution in [0, 0.1) is 0 Å². The monoisotopic (exact) mass is 398 g/mol. The van der Waals surface area contributed by atoms with Gasteiger partial charge in [0.1, 0.15) is 11.3 Å². The summed E-state index contributed by atoms with van der Waals surface area (Å²) in [7, 11) is 5.65. The predicted molar refractivity (Wildman–Crippen MR) is 115 cm³/mol. The quantitative estimate of drug-likeness (QED) is 0.612. The molecule has 0 saturated carbocycles. The molecule has 0 fully saturated rings. The molecule has 0 aliphatic carbocycles. The molecule has 3 aromatic rings. The second-order valence-corrected chi connectivity index (χ2v) is 7.67. The largest absolute Gasteiger partial charge is 0.497 e. The van der Waals surface area contributed by atoms with Crippen molar-refractivity contribution in [1.82, 2.24) is 10.2 Å². The average Bonchev–Trinajstić information content (AvgIpc) is 3.07. The zero-order valence-electron chi connectivity index (χ0n) is 16.7. The number of para-hydroxylation sites is 1. The van der Waals surface area contributed by atoms with Crippen molar-refractivity contribution in [2.75, 3.05) is 34.0 Å². The number of hydrogen-bond acceptors (Lipinski definition) is 5. The lowest BCUT2D eigenvalue weighted by molar-refractivity contribution is 0.0915. The van der Waals surface area contributed by atoms with E-state index in [1.807, 2.05) is 68.9 Å². The third kappa shape index (κ3) is 4.34. The Morgan fingerprint density at radius 1 is 1.18 bits per heavy atom. The molecule has 0 aliphatic rings. The van der Waals surface area contributed by atoms with Crippen molar-refractivity contribution in [3.8, 4) is 5.75 Å². The fourth-order valence-corrected chi connectivity index (χ4v) is 3.84. The summed E-state index contributed by atoms with van der Waals surface area (Å²) in [5.41, 5.74) is 2.81. The van der Waals surface area contributed by atoms with Gasteiger partial charge in [0.25, 0.3) is 5.91 Å². The molecule has 3 rings (SSSR count). The summed E-state index contributed by atoms with van der Waals surface area (Å²) in [5, 5.41) is 4.05. The number of ether oxygens (including phenoxy) is 1. The van der Waals surface area contributed by atoms with Crippen LogP contribution in [0.5, 0.6) is 5.75 Å². The number of furan rings is 1. The van der Waals surface area contributed by atoms with Crippen molar-refractivity contribution in [3.05, 3.63) is 65.4 Å². The fraction of sp³-hybridized carbons (Fsp3) is 0.318. The minimum Gasteiger partial charge on any atom is -0.497 e. The van der Waals surface area contributed by atoms with Crippen LogP contribution in [-0.4, -0.2) is 44.8 Å². The van der Waals surface area contributed by atoms with E-state index in [9.17, 15) is 4.79 Å². The standard InChI is InChI=1S/C22H26N2O3S/c1-24(2)19(15-9-11-16(26-3)12-10-15)13-23-22(25)21-18(14-28-4)17-7-5-6-8-20(17)27-21/h5-12,19H,13-14H2,1-4H3,(H,23,25). The molecule has 0 bridgehead atoms. The average molecular weight is 399 g/mol. The second kappa shape index (κ2) is 9.17. The van der Waals surface area contributed by atoms with Crippen LogP contribution in [0.25, 0.3) is 11.0 Å². The van der Waals surface area contributed by atoms with Crippen LogP contribution in [0.4, 0.5) is 0 Å². The van der Waals surface area contributed by atoms with Gasteiger partial charge in [-0.2, -0.15) is 11.8 Å². The minimum atomic E-state index is -0.180. The first-order chi connectivity index (χ1) is 13.5. The van der Waals surface area contributed by atoms with Crippen LogP contribution in [0.3, 0.4) is 0 Å². The van der Waals surface area contributed by atoms with E-state index in [2.05, 4.69) is 10.2 Å². The lowest BCUT2D eigenvalue weighted by Gasteiger charge is -2.25. The highest BCUT2D eigenvalue weighted by Crippen LogP contribution is 2.29. The highest BCUT2D eigenvalue weighted by atomic mass is 32.2. The molecule has 2 aromatic carbocycles. The molecule has 5 nitrogen and oxygen atoms in total. The van der Waals surface area contributed by atoms with Crippen molar-refractivity contribution in [2.24, 2.45) is 0 Å². The number of carbonyl (C=O) groups excluding carboxylic acids is 1. The van der Waals surface area contributed by atoms with Crippen LogP contribution in [0.15, 0.2) is 52.9 Å². The molecule has 0 aliphatic heterocycles. The molecule has 0 radical (unpaired) electrons. The van der Waals surface area contributed by atoms with Gasteiger partial charge in [0, 0.05) is 23.2 Å². The molecule has 0 spiro atoms.